The topological polar surface area (TPSA) is 61.9 Å². The third-order valence-electron chi connectivity index (χ3n) is 4.79. The Kier molecular flexibility index (Phi) is 7.03. The first-order valence-electron chi connectivity index (χ1n) is 9.26. The summed E-state index contributed by atoms with van der Waals surface area (Å²) in [7, 11) is 5.46. The Hall–Kier alpha value is -2.08. The van der Waals surface area contributed by atoms with Crippen molar-refractivity contribution in [2.24, 2.45) is 5.92 Å². The largest absolute Gasteiger partial charge is 0.377 e. The van der Waals surface area contributed by atoms with Crippen LogP contribution >= 0.6 is 0 Å². The first-order chi connectivity index (χ1) is 12.4. The van der Waals surface area contributed by atoms with E-state index in [0.29, 0.717) is 6.54 Å². The zero-order chi connectivity index (χ0) is 19.3. The summed E-state index contributed by atoms with van der Waals surface area (Å²) in [5.41, 5.74) is 2.79. The smallest absolute Gasteiger partial charge is 0.250 e. The lowest BCUT2D eigenvalue weighted by Crippen LogP contribution is -2.39. The fourth-order valence-corrected chi connectivity index (χ4v) is 2.97. The molecule has 1 aliphatic carbocycles. The molecule has 1 fully saturated rings. The van der Waals surface area contributed by atoms with Gasteiger partial charge >= 0.3 is 0 Å². The van der Waals surface area contributed by atoms with E-state index < -0.39 is 0 Å². The molecule has 1 atom stereocenters. The van der Waals surface area contributed by atoms with Crippen molar-refractivity contribution < 1.29 is 14.3 Å². The summed E-state index contributed by atoms with van der Waals surface area (Å²) in [5, 5.41) is 2.84. The van der Waals surface area contributed by atoms with Crippen LogP contribution in [0.4, 0.5) is 11.4 Å². The van der Waals surface area contributed by atoms with E-state index in [4.69, 9.17) is 4.74 Å². The number of rotatable bonds is 9. The Labute approximate surface area is 156 Å². The van der Waals surface area contributed by atoms with Gasteiger partial charge in [0.2, 0.25) is 11.8 Å². The third-order valence-corrected chi connectivity index (χ3v) is 4.79. The molecule has 6 nitrogen and oxygen atoms in total. The molecule has 0 heterocycles. The van der Waals surface area contributed by atoms with E-state index in [-0.39, 0.29) is 30.4 Å². The van der Waals surface area contributed by atoms with Gasteiger partial charge in [-0.05, 0) is 49.9 Å². The highest BCUT2D eigenvalue weighted by Crippen LogP contribution is 2.33. The fourth-order valence-electron chi connectivity index (χ4n) is 2.97. The maximum Gasteiger partial charge on any atom is 0.250 e. The van der Waals surface area contributed by atoms with Crippen molar-refractivity contribution in [2.75, 3.05) is 38.0 Å². The molecule has 6 heteroatoms. The Morgan fingerprint density at radius 2 is 2.00 bits per heavy atom. The summed E-state index contributed by atoms with van der Waals surface area (Å²) >= 11 is 0. The van der Waals surface area contributed by atoms with Crippen LogP contribution in [0.3, 0.4) is 0 Å². The molecule has 0 saturated heterocycles. The monoisotopic (exact) mass is 361 g/mol. The van der Waals surface area contributed by atoms with E-state index in [2.05, 4.69) is 19.2 Å². The van der Waals surface area contributed by atoms with Gasteiger partial charge in [-0.2, -0.15) is 0 Å². The van der Waals surface area contributed by atoms with E-state index in [1.807, 2.05) is 42.1 Å². The van der Waals surface area contributed by atoms with Gasteiger partial charge in [-0.3, -0.25) is 9.59 Å². The van der Waals surface area contributed by atoms with E-state index >= 15 is 0 Å². The number of ether oxygens (including phenoxy) is 1. The molecule has 1 aromatic carbocycles. The number of nitrogens with zero attached hydrogens (tertiary/aromatic N) is 2. The van der Waals surface area contributed by atoms with Crippen LogP contribution in [-0.4, -0.2) is 50.6 Å². The first kappa shape index (κ1) is 20.2. The maximum atomic E-state index is 12.8. The summed E-state index contributed by atoms with van der Waals surface area (Å²) in [4.78, 5) is 28.6. The number of methoxy groups -OCH3 is 1. The molecular weight excluding hydrogens is 330 g/mol. The summed E-state index contributed by atoms with van der Waals surface area (Å²) < 4.78 is 4.87. The average molecular weight is 361 g/mol. The van der Waals surface area contributed by atoms with Gasteiger partial charge in [-0.15, -0.1) is 0 Å². The Balaban J connectivity index is 2.27. The van der Waals surface area contributed by atoms with Gasteiger partial charge in [0.15, 0.2) is 0 Å². The minimum atomic E-state index is -0.191. The molecule has 0 bridgehead atoms. The van der Waals surface area contributed by atoms with Crippen LogP contribution < -0.4 is 10.2 Å². The molecule has 0 radical (unpaired) electrons. The highest BCUT2D eigenvalue weighted by Gasteiger charge is 2.35. The quantitative estimate of drug-likeness (QED) is 0.735. The molecule has 1 saturated carbocycles. The van der Waals surface area contributed by atoms with Crippen LogP contribution in [0, 0.1) is 5.92 Å². The predicted molar refractivity (Wildman–Crippen MR) is 104 cm³/mol. The second kappa shape index (κ2) is 9.03. The summed E-state index contributed by atoms with van der Waals surface area (Å²) in [5.74, 6) is 0.248. The van der Waals surface area contributed by atoms with Crippen LogP contribution in [0.1, 0.15) is 38.7 Å². The average Bonchev–Trinajstić information content (AvgIpc) is 3.43. The van der Waals surface area contributed by atoms with Crippen molar-refractivity contribution in [3.8, 4) is 0 Å². The van der Waals surface area contributed by atoms with E-state index in [1.165, 1.54) is 7.11 Å². The Morgan fingerprint density at radius 1 is 1.31 bits per heavy atom. The molecule has 2 amide bonds. The summed E-state index contributed by atoms with van der Waals surface area (Å²) in [6.07, 6.45) is 2.92. The molecule has 1 aromatic rings. The van der Waals surface area contributed by atoms with Crippen LogP contribution in [-0.2, 0) is 20.9 Å². The lowest BCUT2D eigenvalue weighted by atomic mass is 10.1. The second-order valence-corrected chi connectivity index (χ2v) is 7.22. The van der Waals surface area contributed by atoms with Crippen molar-refractivity contribution in [1.29, 1.82) is 0 Å². The number of carbonyl (C=O) groups is 2. The number of hydrogen-bond donors (Lipinski definition) is 1. The van der Waals surface area contributed by atoms with Crippen molar-refractivity contribution in [3.63, 3.8) is 0 Å². The zero-order valence-electron chi connectivity index (χ0n) is 16.5. The third kappa shape index (κ3) is 5.21. The highest BCUT2D eigenvalue weighted by molar-refractivity contribution is 5.92. The van der Waals surface area contributed by atoms with Crippen LogP contribution in [0.25, 0.3) is 0 Å². The summed E-state index contributed by atoms with van der Waals surface area (Å²) in [6, 6.07) is 6.00. The van der Waals surface area contributed by atoms with E-state index in [9.17, 15) is 9.59 Å². The number of amides is 2. The first-order valence-corrected chi connectivity index (χ1v) is 9.26. The number of hydrogen-bond acceptors (Lipinski definition) is 4. The molecule has 144 valence electrons. The Morgan fingerprint density at radius 3 is 2.54 bits per heavy atom. The van der Waals surface area contributed by atoms with E-state index in [0.717, 1.165) is 36.2 Å². The van der Waals surface area contributed by atoms with Crippen molar-refractivity contribution >= 4 is 23.2 Å². The normalized spacial score (nSPS) is 14.7. The van der Waals surface area contributed by atoms with Gasteiger partial charge < -0.3 is 19.9 Å². The molecule has 2 rings (SSSR count). The maximum absolute atomic E-state index is 12.8. The van der Waals surface area contributed by atoms with E-state index in [1.54, 1.807) is 0 Å². The van der Waals surface area contributed by atoms with Gasteiger partial charge in [-0.1, -0.05) is 6.92 Å². The second-order valence-electron chi connectivity index (χ2n) is 7.22. The van der Waals surface area contributed by atoms with Gasteiger partial charge in [0.05, 0.1) is 0 Å². The predicted octanol–water partition coefficient (Wildman–Crippen LogP) is 2.87. The van der Waals surface area contributed by atoms with Crippen LogP contribution in [0.15, 0.2) is 18.2 Å². The van der Waals surface area contributed by atoms with Gasteiger partial charge in [0, 0.05) is 51.1 Å². The van der Waals surface area contributed by atoms with Crippen LogP contribution in [0.2, 0.25) is 0 Å². The van der Waals surface area contributed by atoms with Gasteiger partial charge in [-0.25, -0.2) is 0 Å². The van der Waals surface area contributed by atoms with Crippen LogP contribution in [0.5, 0.6) is 0 Å². The molecule has 0 aliphatic heterocycles. The fraction of sp³-hybridized carbons (Fsp3) is 0.600. The van der Waals surface area contributed by atoms with Crippen molar-refractivity contribution in [2.45, 2.75) is 45.7 Å². The number of carbonyl (C=O) groups excluding carboxylic acids is 2. The number of anilines is 2. The molecule has 1 unspecified atom stereocenters. The van der Waals surface area contributed by atoms with Crippen molar-refractivity contribution in [3.05, 3.63) is 23.8 Å². The SMILES string of the molecule is CCC(C)N(Cc1cc(NC(=O)COC)ccc1N(C)C)C(=O)C1CC1. The lowest BCUT2D eigenvalue weighted by molar-refractivity contribution is -0.135. The molecule has 1 aliphatic rings. The number of nitrogens with one attached hydrogen (secondary N) is 1. The molecule has 0 spiro atoms. The molecule has 26 heavy (non-hydrogen) atoms. The molecule has 0 aromatic heterocycles. The van der Waals surface area contributed by atoms with Crippen molar-refractivity contribution in [1.82, 2.24) is 4.90 Å². The Bertz CT molecular complexity index is 641. The minimum absolute atomic E-state index is 0.0178. The lowest BCUT2D eigenvalue weighted by Gasteiger charge is -2.31. The summed E-state index contributed by atoms with van der Waals surface area (Å²) in [6.45, 7) is 4.77. The minimum Gasteiger partial charge on any atom is -0.377 e. The number of benzene rings is 1. The van der Waals surface area contributed by atoms with Gasteiger partial charge in [0.25, 0.3) is 0 Å². The zero-order valence-corrected chi connectivity index (χ0v) is 16.5. The van der Waals surface area contributed by atoms with Gasteiger partial charge in [0.1, 0.15) is 6.61 Å². The molecular formula is C20H31N3O3. The molecule has 1 N–H and O–H groups in total. The highest BCUT2D eigenvalue weighted by atomic mass is 16.5. The standard InChI is InChI=1S/C20H31N3O3/c1-6-14(2)23(20(25)15-7-8-15)12-16-11-17(21-19(24)13-26-5)9-10-18(16)22(3)4/h9-11,14-15H,6-8,12-13H2,1-5H3,(H,21,24).